The van der Waals surface area contributed by atoms with Gasteiger partial charge in [-0.3, -0.25) is 4.79 Å². The molecule has 6 heteroatoms. The summed E-state index contributed by atoms with van der Waals surface area (Å²) in [5.74, 6) is -1.06. The van der Waals surface area contributed by atoms with Crippen LogP contribution in [0.3, 0.4) is 0 Å². The fraction of sp³-hybridized carbons (Fsp3) is 0.235. The van der Waals surface area contributed by atoms with Gasteiger partial charge in [0.2, 0.25) is 5.91 Å². The van der Waals surface area contributed by atoms with Gasteiger partial charge in [-0.05, 0) is 42.7 Å². The van der Waals surface area contributed by atoms with E-state index in [0.29, 0.717) is 12.8 Å². The van der Waals surface area contributed by atoms with Crippen molar-refractivity contribution in [1.82, 2.24) is 4.72 Å². The summed E-state index contributed by atoms with van der Waals surface area (Å²) in [6.45, 7) is 0. The highest BCUT2D eigenvalue weighted by atomic mass is 32.2. The van der Waals surface area contributed by atoms with E-state index in [0.717, 1.165) is 36.2 Å². The van der Waals surface area contributed by atoms with E-state index in [1.165, 1.54) is 0 Å². The number of hydrogen-bond acceptors (Lipinski definition) is 3. The van der Waals surface area contributed by atoms with Gasteiger partial charge in [0.1, 0.15) is 5.82 Å². The van der Waals surface area contributed by atoms with Crippen molar-refractivity contribution in [3.8, 4) is 0 Å². The van der Waals surface area contributed by atoms with Crippen molar-refractivity contribution in [1.29, 1.82) is 0 Å². The minimum Gasteiger partial charge on any atom is -0.273 e. The maximum atomic E-state index is 12.9. The van der Waals surface area contributed by atoms with Crippen molar-refractivity contribution in [2.24, 2.45) is 0 Å². The molecule has 0 spiro atoms. The molecule has 4 nitrogen and oxygen atoms in total. The number of sulfonamides is 1. The van der Waals surface area contributed by atoms with Gasteiger partial charge >= 0.3 is 0 Å². The second-order valence-corrected chi connectivity index (χ2v) is 7.37. The first-order valence-electron chi connectivity index (χ1n) is 7.32. The Morgan fingerprint density at radius 2 is 1.61 bits per heavy atom. The summed E-state index contributed by atoms with van der Waals surface area (Å²) in [6.07, 6.45) is 2.10. The van der Waals surface area contributed by atoms with E-state index in [2.05, 4.69) is 4.72 Å². The summed E-state index contributed by atoms with van der Waals surface area (Å²) in [4.78, 5) is 12.5. The lowest BCUT2D eigenvalue weighted by Gasteiger charge is -2.40. The van der Waals surface area contributed by atoms with Gasteiger partial charge in [-0.15, -0.1) is 0 Å². The van der Waals surface area contributed by atoms with Crippen molar-refractivity contribution in [3.63, 3.8) is 0 Å². The molecule has 0 radical (unpaired) electrons. The van der Waals surface area contributed by atoms with E-state index in [4.69, 9.17) is 0 Å². The fourth-order valence-corrected chi connectivity index (χ4v) is 3.88. The average molecular weight is 333 g/mol. The number of halogens is 1. The average Bonchev–Trinajstić information content (AvgIpc) is 2.47. The highest BCUT2D eigenvalue weighted by Gasteiger charge is 2.46. The fourth-order valence-electron chi connectivity index (χ4n) is 2.83. The number of carbonyl (C=O) groups is 1. The molecule has 0 unspecified atom stereocenters. The first-order valence-corrected chi connectivity index (χ1v) is 8.81. The molecule has 1 fully saturated rings. The predicted molar refractivity (Wildman–Crippen MR) is 83.7 cm³/mol. The van der Waals surface area contributed by atoms with Crippen molar-refractivity contribution in [3.05, 3.63) is 66.0 Å². The third-order valence-electron chi connectivity index (χ3n) is 4.32. The molecular weight excluding hydrogens is 317 g/mol. The maximum Gasteiger partial charge on any atom is 0.264 e. The van der Waals surface area contributed by atoms with Crippen LogP contribution >= 0.6 is 0 Å². The first kappa shape index (κ1) is 15.7. The third kappa shape index (κ3) is 2.86. The van der Waals surface area contributed by atoms with Gasteiger partial charge in [-0.2, -0.15) is 0 Å². The lowest BCUT2D eigenvalue weighted by atomic mass is 9.64. The van der Waals surface area contributed by atoms with Crippen LogP contribution in [0.25, 0.3) is 0 Å². The van der Waals surface area contributed by atoms with Crippen LogP contribution in [0.15, 0.2) is 59.5 Å². The molecule has 23 heavy (non-hydrogen) atoms. The lowest BCUT2D eigenvalue weighted by Crippen LogP contribution is -2.50. The molecule has 0 aliphatic heterocycles. The number of hydrogen-bond donors (Lipinski definition) is 1. The smallest absolute Gasteiger partial charge is 0.264 e. The second-order valence-electron chi connectivity index (χ2n) is 5.69. The molecule has 0 bridgehead atoms. The quantitative estimate of drug-likeness (QED) is 0.936. The molecule has 1 aliphatic rings. The van der Waals surface area contributed by atoms with Crippen molar-refractivity contribution < 1.29 is 17.6 Å². The molecule has 1 N–H and O–H groups in total. The van der Waals surface area contributed by atoms with Gasteiger partial charge in [0.05, 0.1) is 10.3 Å². The summed E-state index contributed by atoms with van der Waals surface area (Å²) < 4.78 is 39.7. The maximum absolute atomic E-state index is 12.9. The molecule has 2 aromatic carbocycles. The van der Waals surface area contributed by atoms with E-state index in [9.17, 15) is 17.6 Å². The summed E-state index contributed by atoms with van der Waals surface area (Å²) in [5, 5.41) is 0. The summed E-state index contributed by atoms with van der Waals surface area (Å²) in [6, 6.07) is 13.6. The number of carbonyl (C=O) groups excluding carboxylic acids is 1. The van der Waals surface area contributed by atoms with E-state index in [1.807, 2.05) is 30.3 Å². The van der Waals surface area contributed by atoms with Crippen LogP contribution in [0.2, 0.25) is 0 Å². The molecule has 0 heterocycles. The summed E-state index contributed by atoms with van der Waals surface area (Å²) in [7, 11) is -4.01. The van der Waals surface area contributed by atoms with Crippen molar-refractivity contribution in [2.75, 3.05) is 0 Å². The van der Waals surface area contributed by atoms with E-state index in [-0.39, 0.29) is 4.90 Å². The molecule has 1 aliphatic carbocycles. The van der Waals surface area contributed by atoms with Crippen molar-refractivity contribution >= 4 is 15.9 Å². The van der Waals surface area contributed by atoms with E-state index in [1.54, 1.807) is 0 Å². The van der Waals surface area contributed by atoms with Gasteiger partial charge < -0.3 is 0 Å². The normalized spacial score (nSPS) is 16.4. The third-order valence-corrected chi connectivity index (χ3v) is 5.67. The first-order chi connectivity index (χ1) is 10.9. The molecule has 1 saturated carbocycles. The SMILES string of the molecule is O=C(NS(=O)(=O)c1ccc(F)cc1)C1(c2ccccc2)CCC1. The summed E-state index contributed by atoms with van der Waals surface area (Å²) >= 11 is 0. The molecule has 2 aromatic rings. The highest BCUT2D eigenvalue weighted by Crippen LogP contribution is 2.44. The zero-order valence-electron chi connectivity index (χ0n) is 12.3. The van der Waals surface area contributed by atoms with Crippen LogP contribution in [-0.4, -0.2) is 14.3 Å². The Kier molecular flexibility index (Phi) is 3.93. The summed E-state index contributed by atoms with van der Waals surface area (Å²) in [5.41, 5.74) is 0.0204. The van der Waals surface area contributed by atoms with Crippen LogP contribution in [0, 0.1) is 5.82 Å². The Balaban J connectivity index is 1.87. The molecular formula is C17H16FNO3S. The van der Waals surface area contributed by atoms with Crippen LogP contribution in [0.5, 0.6) is 0 Å². The van der Waals surface area contributed by atoms with Gasteiger partial charge in [0, 0.05) is 0 Å². The Morgan fingerprint density at radius 1 is 1.00 bits per heavy atom. The van der Waals surface area contributed by atoms with E-state index < -0.39 is 27.2 Å². The molecule has 1 amide bonds. The Hall–Kier alpha value is -2.21. The van der Waals surface area contributed by atoms with Crippen molar-refractivity contribution in [2.45, 2.75) is 29.6 Å². The second kappa shape index (κ2) is 5.77. The number of benzene rings is 2. The zero-order chi connectivity index (χ0) is 16.5. The van der Waals surface area contributed by atoms with Gasteiger partial charge in [-0.25, -0.2) is 17.5 Å². The highest BCUT2D eigenvalue weighted by molar-refractivity contribution is 7.90. The van der Waals surface area contributed by atoms with Gasteiger partial charge in [0.25, 0.3) is 10.0 Å². The van der Waals surface area contributed by atoms with Gasteiger partial charge in [0.15, 0.2) is 0 Å². The Bertz CT molecular complexity index is 813. The van der Waals surface area contributed by atoms with Gasteiger partial charge in [-0.1, -0.05) is 36.8 Å². The van der Waals surface area contributed by atoms with Crippen LogP contribution < -0.4 is 4.72 Å². The minimum atomic E-state index is -4.01. The lowest BCUT2D eigenvalue weighted by molar-refractivity contribution is -0.128. The molecule has 0 saturated heterocycles. The topological polar surface area (TPSA) is 63.2 Å². The zero-order valence-corrected chi connectivity index (χ0v) is 13.1. The molecule has 3 rings (SSSR count). The number of rotatable bonds is 4. The van der Waals surface area contributed by atoms with Crippen LogP contribution in [0.1, 0.15) is 24.8 Å². The number of amides is 1. The Morgan fingerprint density at radius 3 is 2.13 bits per heavy atom. The monoisotopic (exact) mass is 333 g/mol. The minimum absolute atomic E-state index is 0.130. The standard InChI is InChI=1S/C17H16FNO3S/c18-14-7-9-15(10-8-14)23(21,22)19-16(20)17(11-4-12-17)13-5-2-1-3-6-13/h1-3,5-10H,4,11-12H2,(H,19,20). The van der Waals surface area contributed by atoms with Crippen LogP contribution in [-0.2, 0) is 20.2 Å². The molecule has 0 atom stereocenters. The Labute approximate surface area is 134 Å². The van der Waals surface area contributed by atoms with E-state index >= 15 is 0 Å². The predicted octanol–water partition coefficient (Wildman–Crippen LogP) is 2.75. The molecule has 120 valence electrons. The number of nitrogens with one attached hydrogen (secondary N) is 1. The largest absolute Gasteiger partial charge is 0.273 e. The van der Waals surface area contributed by atoms with Crippen LogP contribution in [0.4, 0.5) is 4.39 Å². The molecule has 0 aromatic heterocycles.